The van der Waals surface area contributed by atoms with Gasteiger partial charge in [0.1, 0.15) is 11.4 Å². The van der Waals surface area contributed by atoms with Gasteiger partial charge in [-0.3, -0.25) is 4.90 Å². The first-order valence-electron chi connectivity index (χ1n) is 6.31. The number of quaternary nitrogens is 1. The molecule has 1 atom stereocenters. The van der Waals surface area contributed by atoms with Crippen LogP contribution in [-0.2, 0) is 0 Å². The topological polar surface area (TPSA) is 4.44 Å². The van der Waals surface area contributed by atoms with Crippen molar-refractivity contribution in [3.05, 3.63) is 48.5 Å². The third-order valence-electron chi connectivity index (χ3n) is 3.52. The van der Waals surface area contributed by atoms with Crippen LogP contribution in [0.1, 0.15) is 13.8 Å². The Balaban J connectivity index is 2.23. The molecule has 2 aromatic rings. The van der Waals surface area contributed by atoms with E-state index in [9.17, 15) is 0 Å². The molecule has 0 aliphatic carbocycles. The molecular formula is C17H16N+. The molecule has 0 saturated carbocycles. The molecule has 1 aliphatic heterocycles. The summed E-state index contributed by atoms with van der Waals surface area (Å²) in [6.45, 7) is 4.09. The molecule has 0 fully saturated rings. The van der Waals surface area contributed by atoms with Crippen LogP contribution in [0.4, 0.5) is 11.4 Å². The summed E-state index contributed by atoms with van der Waals surface area (Å²) in [6, 6.07) is 17.5. The summed E-state index contributed by atoms with van der Waals surface area (Å²) < 4.78 is 0. The summed E-state index contributed by atoms with van der Waals surface area (Å²) in [4.78, 5) is 1.37. The molecule has 1 nitrogen and oxygen atoms in total. The summed E-state index contributed by atoms with van der Waals surface area (Å²) >= 11 is 0. The van der Waals surface area contributed by atoms with Crippen molar-refractivity contribution in [1.82, 2.24) is 0 Å². The molecule has 1 heteroatoms. The van der Waals surface area contributed by atoms with Gasteiger partial charge in [-0.1, -0.05) is 24.3 Å². The maximum absolute atomic E-state index is 3.28. The van der Waals surface area contributed by atoms with Gasteiger partial charge in [0.15, 0.2) is 6.04 Å². The second-order valence-corrected chi connectivity index (χ2v) is 4.62. The Hall–Kier alpha value is -2.04. The number of hydrogen-bond donors (Lipinski definition) is 1. The molecule has 1 N–H and O–H groups in total. The first-order valence-corrected chi connectivity index (χ1v) is 6.31. The van der Waals surface area contributed by atoms with Crippen molar-refractivity contribution in [2.24, 2.45) is 0 Å². The van der Waals surface area contributed by atoms with Crippen LogP contribution in [-0.4, -0.2) is 6.04 Å². The highest BCUT2D eigenvalue weighted by atomic mass is 15.2. The fraction of sp³-hybridized carbons (Fsp3) is 0.176. The van der Waals surface area contributed by atoms with Crippen molar-refractivity contribution in [2.45, 2.75) is 19.9 Å². The quantitative estimate of drug-likeness (QED) is 0.724. The third-order valence-corrected chi connectivity index (χ3v) is 3.52. The number of para-hydroxylation sites is 2. The Bertz CT molecular complexity index is 600. The highest BCUT2D eigenvalue weighted by Crippen LogP contribution is 2.36. The zero-order valence-corrected chi connectivity index (χ0v) is 10.7. The minimum Gasteiger partial charge on any atom is -0.257 e. The molecular weight excluding hydrogens is 218 g/mol. The molecule has 0 saturated heterocycles. The molecule has 2 aromatic carbocycles. The van der Waals surface area contributed by atoms with Gasteiger partial charge in [0.05, 0.1) is 0 Å². The van der Waals surface area contributed by atoms with Gasteiger partial charge in [0.25, 0.3) is 0 Å². The Morgan fingerprint density at radius 1 is 0.889 bits per heavy atom. The van der Waals surface area contributed by atoms with Gasteiger partial charge >= 0.3 is 0 Å². The van der Waals surface area contributed by atoms with Crippen molar-refractivity contribution in [2.75, 3.05) is 0 Å². The van der Waals surface area contributed by atoms with E-state index in [-0.39, 0.29) is 6.04 Å². The molecule has 1 heterocycles. The SMILES string of the molecule is CC#CC(C)[NH+]1c2ccccc2-c2ccccc21. The van der Waals surface area contributed by atoms with Gasteiger partial charge in [-0.05, 0) is 25.0 Å². The van der Waals surface area contributed by atoms with Crippen LogP contribution in [0.25, 0.3) is 11.1 Å². The largest absolute Gasteiger partial charge is 0.257 e. The van der Waals surface area contributed by atoms with Crippen LogP contribution in [0.2, 0.25) is 0 Å². The first-order chi connectivity index (χ1) is 8.83. The first kappa shape index (κ1) is 11.1. The van der Waals surface area contributed by atoms with Crippen molar-refractivity contribution in [1.29, 1.82) is 0 Å². The van der Waals surface area contributed by atoms with Crippen molar-refractivity contribution in [3.63, 3.8) is 0 Å². The minimum atomic E-state index is 0.278. The standard InChI is InChI=1S/C17H15N/c1-3-8-13(2)18-16-11-6-4-9-14(16)15-10-5-7-12-17(15)18/h4-7,9-13H,1-2H3/p+1. The van der Waals surface area contributed by atoms with Gasteiger partial charge in [-0.2, -0.15) is 0 Å². The number of fused-ring (bicyclic) bond motifs is 3. The smallest absolute Gasteiger partial charge is 0.155 e. The van der Waals surface area contributed by atoms with Crippen molar-refractivity contribution < 1.29 is 4.90 Å². The highest BCUT2D eigenvalue weighted by Gasteiger charge is 2.33. The van der Waals surface area contributed by atoms with Gasteiger partial charge in [0, 0.05) is 30.2 Å². The summed E-state index contributed by atoms with van der Waals surface area (Å²) in [5.41, 5.74) is 5.36. The Labute approximate surface area is 108 Å². The van der Waals surface area contributed by atoms with E-state index in [1.165, 1.54) is 27.4 Å². The number of rotatable bonds is 1. The highest BCUT2D eigenvalue weighted by molar-refractivity contribution is 5.84. The lowest BCUT2D eigenvalue weighted by molar-refractivity contribution is -0.774. The van der Waals surface area contributed by atoms with E-state index in [4.69, 9.17) is 0 Å². The molecule has 18 heavy (non-hydrogen) atoms. The van der Waals surface area contributed by atoms with E-state index < -0.39 is 0 Å². The van der Waals surface area contributed by atoms with E-state index >= 15 is 0 Å². The summed E-state index contributed by atoms with van der Waals surface area (Å²) in [5.74, 6) is 6.32. The third kappa shape index (κ3) is 1.54. The van der Waals surface area contributed by atoms with E-state index in [1.54, 1.807) is 0 Å². The van der Waals surface area contributed by atoms with Crippen LogP contribution in [0, 0.1) is 11.8 Å². The fourth-order valence-corrected chi connectivity index (χ4v) is 2.81. The molecule has 0 radical (unpaired) electrons. The number of benzene rings is 2. The van der Waals surface area contributed by atoms with Crippen LogP contribution < -0.4 is 4.90 Å². The summed E-state index contributed by atoms with van der Waals surface area (Å²) in [5, 5.41) is 0. The van der Waals surface area contributed by atoms with Gasteiger partial charge < -0.3 is 0 Å². The van der Waals surface area contributed by atoms with E-state index in [1.807, 2.05) is 6.92 Å². The number of hydrogen-bond acceptors (Lipinski definition) is 0. The molecule has 1 unspecified atom stereocenters. The summed E-state index contributed by atoms with van der Waals surface area (Å²) in [6.07, 6.45) is 0. The zero-order chi connectivity index (χ0) is 12.5. The monoisotopic (exact) mass is 234 g/mol. The maximum Gasteiger partial charge on any atom is 0.155 e. The zero-order valence-electron chi connectivity index (χ0n) is 10.7. The van der Waals surface area contributed by atoms with Crippen LogP contribution in [0.3, 0.4) is 0 Å². The molecule has 0 bridgehead atoms. The average Bonchev–Trinajstić information content (AvgIpc) is 2.73. The summed E-state index contributed by atoms with van der Waals surface area (Å²) in [7, 11) is 0. The maximum atomic E-state index is 3.28. The lowest BCUT2D eigenvalue weighted by Gasteiger charge is -2.17. The number of nitrogens with one attached hydrogen (secondary N) is 1. The van der Waals surface area contributed by atoms with E-state index in [2.05, 4.69) is 67.3 Å². The van der Waals surface area contributed by atoms with Crippen LogP contribution >= 0.6 is 0 Å². The molecule has 1 aliphatic rings. The minimum absolute atomic E-state index is 0.278. The lowest BCUT2D eigenvalue weighted by Crippen LogP contribution is -3.05. The molecule has 0 spiro atoms. The average molecular weight is 234 g/mol. The van der Waals surface area contributed by atoms with Crippen LogP contribution in [0.5, 0.6) is 0 Å². The molecule has 0 aromatic heterocycles. The second kappa shape index (κ2) is 4.33. The van der Waals surface area contributed by atoms with Gasteiger partial charge in [0.2, 0.25) is 0 Å². The van der Waals surface area contributed by atoms with Gasteiger partial charge in [-0.25, -0.2) is 0 Å². The predicted molar refractivity (Wildman–Crippen MR) is 75.1 cm³/mol. The van der Waals surface area contributed by atoms with Gasteiger partial charge in [-0.15, -0.1) is 5.92 Å². The molecule has 88 valence electrons. The molecule has 3 rings (SSSR count). The van der Waals surface area contributed by atoms with E-state index in [0.29, 0.717) is 0 Å². The Kier molecular flexibility index (Phi) is 2.66. The van der Waals surface area contributed by atoms with Crippen molar-refractivity contribution in [3.8, 4) is 23.0 Å². The molecule has 0 amide bonds. The fourth-order valence-electron chi connectivity index (χ4n) is 2.81. The Morgan fingerprint density at radius 3 is 1.89 bits per heavy atom. The lowest BCUT2D eigenvalue weighted by atomic mass is 10.1. The van der Waals surface area contributed by atoms with Crippen molar-refractivity contribution >= 4 is 11.4 Å². The second-order valence-electron chi connectivity index (χ2n) is 4.62. The predicted octanol–water partition coefficient (Wildman–Crippen LogP) is 2.93. The normalized spacial score (nSPS) is 14.3. The van der Waals surface area contributed by atoms with Crippen LogP contribution in [0.15, 0.2) is 48.5 Å². The van der Waals surface area contributed by atoms with E-state index in [0.717, 1.165) is 0 Å². The Morgan fingerprint density at radius 2 is 1.39 bits per heavy atom.